The lowest BCUT2D eigenvalue weighted by atomic mass is 9.78. The first-order valence-electron chi connectivity index (χ1n) is 8.56. The molecule has 1 saturated carbocycles. The van der Waals surface area contributed by atoms with Gasteiger partial charge >= 0.3 is 6.09 Å². The first-order valence-corrected chi connectivity index (χ1v) is 8.56. The molecule has 0 aromatic carbocycles. The van der Waals surface area contributed by atoms with Crippen molar-refractivity contribution in [1.82, 2.24) is 10.6 Å². The van der Waals surface area contributed by atoms with Crippen molar-refractivity contribution in [1.29, 1.82) is 0 Å². The molecule has 1 fully saturated rings. The van der Waals surface area contributed by atoms with Crippen molar-refractivity contribution in [2.24, 2.45) is 5.92 Å². The number of nitrogens with one attached hydrogen (secondary N) is 2. The van der Waals surface area contributed by atoms with Gasteiger partial charge in [-0.15, -0.1) is 0 Å². The van der Waals surface area contributed by atoms with E-state index in [1.807, 2.05) is 27.7 Å². The monoisotopic (exact) mass is 314 g/mol. The smallest absolute Gasteiger partial charge is 0.407 e. The van der Waals surface area contributed by atoms with Crippen molar-refractivity contribution < 1.29 is 14.6 Å². The summed E-state index contributed by atoms with van der Waals surface area (Å²) in [5.41, 5.74) is -1.07. The van der Waals surface area contributed by atoms with Gasteiger partial charge in [0.1, 0.15) is 5.60 Å². The minimum absolute atomic E-state index is 0.0976. The summed E-state index contributed by atoms with van der Waals surface area (Å²) in [6.07, 6.45) is 4.76. The summed E-state index contributed by atoms with van der Waals surface area (Å²) < 4.78 is 5.20. The van der Waals surface area contributed by atoms with Crippen molar-refractivity contribution in [2.45, 2.75) is 84.0 Å². The largest absolute Gasteiger partial charge is 0.444 e. The molecule has 0 aromatic rings. The zero-order chi connectivity index (χ0) is 16.8. The number of hydrogen-bond donors (Lipinski definition) is 3. The maximum Gasteiger partial charge on any atom is 0.407 e. The maximum absolute atomic E-state index is 11.6. The van der Waals surface area contributed by atoms with Crippen LogP contribution in [0.4, 0.5) is 4.79 Å². The minimum Gasteiger partial charge on any atom is -0.444 e. The molecule has 22 heavy (non-hydrogen) atoms. The van der Waals surface area contributed by atoms with Gasteiger partial charge in [-0.1, -0.05) is 13.3 Å². The van der Waals surface area contributed by atoms with E-state index >= 15 is 0 Å². The highest BCUT2D eigenvalue weighted by atomic mass is 16.6. The van der Waals surface area contributed by atoms with E-state index in [2.05, 4.69) is 17.6 Å². The van der Waals surface area contributed by atoms with Crippen LogP contribution < -0.4 is 10.6 Å². The van der Waals surface area contributed by atoms with Crippen LogP contribution in [0.25, 0.3) is 0 Å². The topological polar surface area (TPSA) is 70.6 Å². The standard InChI is InChI=1S/C17H34N2O3/c1-6-14-7-9-17(21,10-8-14)12-19-13(2)11-18-15(20)22-16(3,4)5/h13-14,19,21H,6-12H2,1-5H3,(H,18,20). The Balaban J connectivity index is 2.23. The van der Waals surface area contributed by atoms with Crippen LogP contribution in [-0.2, 0) is 4.74 Å². The second-order valence-electron chi connectivity index (χ2n) is 7.74. The zero-order valence-corrected chi connectivity index (χ0v) is 14.9. The lowest BCUT2D eigenvalue weighted by Crippen LogP contribution is -2.49. The van der Waals surface area contributed by atoms with Gasteiger partial charge in [0.15, 0.2) is 0 Å². The van der Waals surface area contributed by atoms with Gasteiger partial charge in [0.2, 0.25) is 0 Å². The molecular weight excluding hydrogens is 280 g/mol. The average Bonchev–Trinajstić information content (AvgIpc) is 2.42. The summed E-state index contributed by atoms with van der Waals surface area (Å²) in [4.78, 5) is 11.6. The minimum atomic E-state index is -0.591. The van der Waals surface area contributed by atoms with Gasteiger partial charge in [-0.2, -0.15) is 0 Å². The van der Waals surface area contributed by atoms with Crippen molar-refractivity contribution in [3.05, 3.63) is 0 Å². The van der Waals surface area contributed by atoms with Crippen LogP contribution in [-0.4, -0.2) is 41.5 Å². The Labute approximate surface area is 135 Å². The zero-order valence-electron chi connectivity index (χ0n) is 14.9. The van der Waals surface area contributed by atoms with E-state index in [1.165, 1.54) is 6.42 Å². The summed E-state index contributed by atoms with van der Waals surface area (Å²) in [5, 5.41) is 16.7. The van der Waals surface area contributed by atoms with Gasteiger partial charge in [0.05, 0.1) is 5.60 Å². The summed E-state index contributed by atoms with van der Waals surface area (Å²) >= 11 is 0. The third kappa shape index (κ3) is 7.45. The number of carbonyl (C=O) groups is 1. The second kappa shape index (κ2) is 8.16. The number of rotatable bonds is 6. The fraction of sp³-hybridized carbons (Fsp3) is 0.941. The molecule has 1 aliphatic carbocycles. The predicted octanol–water partition coefficient (Wildman–Crippen LogP) is 2.82. The molecule has 5 nitrogen and oxygen atoms in total. The van der Waals surface area contributed by atoms with Crippen LogP contribution in [0, 0.1) is 5.92 Å². The van der Waals surface area contributed by atoms with Gasteiger partial charge in [-0.05, 0) is 59.3 Å². The summed E-state index contributed by atoms with van der Waals surface area (Å²) in [6.45, 7) is 10.8. The molecule has 0 heterocycles. The normalized spacial score (nSPS) is 27.3. The van der Waals surface area contributed by atoms with Crippen LogP contribution >= 0.6 is 0 Å². The van der Waals surface area contributed by atoms with E-state index in [-0.39, 0.29) is 6.04 Å². The van der Waals surface area contributed by atoms with Crippen molar-refractivity contribution in [3.8, 4) is 0 Å². The number of ether oxygens (including phenoxy) is 1. The van der Waals surface area contributed by atoms with Gasteiger partial charge in [0, 0.05) is 19.1 Å². The number of hydrogen-bond acceptors (Lipinski definition) is 4. The molecule has 3 N–H and O–H groups in total. The number of alkyl carbamates (subject to hydrolysis) is 1. The molecular formula is C17H34N2O3. The number of carbonyl (C=O) groups excluding carboxylic acids is 1. The molecule has 1 aliphatic rings. The summed E-state index contributed by atoms with van der Waals surface area (Å²) in [5.74, 6) is 0.770. The molecule has 0 bridgehead atoms. The lowest BCUT2D eigenvalue weighted by Gasteiger charge is -2.36. The molecule has 1 rings (SSSR count). The van der Waals surface area contributed by atoms with E-state index in [0.29, 0.717) is 13.1 Å². The Morgan fingerprint density at radius 2 is 1.95 bits per heavy atom. The van der Waals surface area contributed by atoms with Gasteiger partial charge in [-0.3, -0.25) is 0 Å². The van der Waals surface area contributed by atoms with E-state index in [0.717, 1.165) is 31.6 Å². The van der Waals surface area contributed by atoms with Gasteiger partial charge < -0.3 is 20.5 Å². The molecule has 1 atom stereocenters. The van der Waals surface area contributed by atoms with Crippen LogP contribution in [0.3, 0.4) is 0 Å². The predicted molar refractivity (Wildman–Crippen MR) is 88.9 cm³/mol. The molecule has 1 unspecified atom stereocenters. The quantitative estimate of drug-likeness (QED) is 0.705. The highest BCUT2D eigenvalue weighted by molar-refractivity contribution is 5.67. The maximum atomic E-state index is 11.6. The summed E-state index contributed by atoms with van der Waals surface area (Å²) in [6, 6.07) is 0.0976. The Kier molecular flexibility index (Phi) is 7.13. The molecule has 130 valence electrons. The van der Waals surface area contributed by atoms with Crippen LogP contribution in [0.15, 0.2) is 0 Å². The fourth-order valence-corrected chi connectivity index (χ4v) is 2.79. The molecule has 0 spiro atoms. The molecule has 0 saturated heterocycles. The Hall–Kier alpha value is -0.810. The van der Waals surface area contributed by atoms with Gasteiger partial charge in [0.25, 0.3) is 0 Å². The third-order valence-corrected chi connectivity index (χ3v) is 4.34. The van der Waals surface area contributed by atoms with E-state index < -0.39 is 17.3 Å². The molecule has 0 aromatic heterocycles. The Bertz CT molecular complexity index is 344. The van der Waals surface area contributed by atoms with Crippen LogP contribution in [0.2, 0.25) is 0 Å². The fourth-order valence-electron chi connectivity index (χ4n) is 2.79. The highest BCUT2D eigenvalue weighted by Crippen LogP contribution is 2.33. The van der Waals surface area contributed by atoms with E-state index in [9.17, 15) is 9.90 Å². The van der Waals surface area contributed by atoms with E-state index in [4.69, 9.17) is 4.74 Å². The SMILES string of the molecule is CCC1CCC(O)(CNC(C)CNC(=O)OC(C)(C)C)CC1. The molecule has 1 amide bonds. The van der Waals surface area contributed by atoms with Gasteiger partial charge in [-0.25, -0.2) is 4.79 Å². The van der Waals surface area contributed by atoms with Crippen molar-refractivity contribution in [2.75, 3.05) is 13.1 Å². The Morgan fingerprint density at radius 3 is 2.45 bits per heavy atom. The second-order valence-corrected chi connectivity index (χ2v) is 7.74. The lowest BCUT2D eigenvalue weighted by molar-refractivity contribution is -0.0103. The molecule has 5 heteroatoms. The Morgan fingerprint density at radius 1 is 1.36 bits per heavy atom. The van der Waals surface area contributed by atoms with E-state index in [1.54, 1.807) is 0 Å². The van der Waals surface area contributed by atoms with Crippen molar-refractivity contribution >= 4 is 6.09 Å². The van der Waals surface area contributed by atoms with Crippen molar-refractivity contribution in [3.63, 3.8) is 0 Å². The molecule has 0 aliphatic heterocycles. The third-order valence-electron chi connectivity index (χ3n) is 4.34. The first kappa shape index (κ1) is 19.2. The first-order chi connectivity index (χ1) is 10.1. The number of aliphatic hydroxyl groups is 1. The average molecular weight is 314 g/mol. The number of amides is 1. The van der Waals surface area contributed by atoms with Crippen LogP contribution in [0.1, 0.15) is 66.7 Å². The summed E-state index contributed by atoms with van der Waals surface area (Å²) in [7, 11) is 0. The molecule has 0 radical (unpaired) electrons. The van der Waals surface area contributed by atoms with Crippen LogP contribution in [0.5, 0.6) is 0 Å². The highest BCUT2D eigenvalue weighted by Gasteiger charge is 2.32.